The van der Waals surface area contributed by atoms with E-state index >= 15 is 0 Å². The van der Waals surface area contributed by atoms with Gasteiger partial charge in [-0.05, 0) is 61.0 Å². The monoisotopic (exact) mass is 827 g/mol. The number of alkyl carbamates (subject to hydrolysis) is 1. The van der Waals surface area contributed by atoms with Crippen LogP contribution < -0.4 is 20.1 Å². The van der Waals surface area contributed by atoms with Gasteiger partial charge in [-0.1, -0.05) is 45.7 Å². The average Bonchev–Trinajstić information content (AvgIpc) is 4.00. The topological polar surface area (TPSA) is 178 Å². The number of likely N-dealkylation sites (tertiary alicyclic amines) is 1. The SMILES string of the molecule is CC[C@@H]1C[C@]1(NC(=O)[C@@H]1C[C@@H](Oc2cc(CCOC)nc3c(Cl)c(OCCN4CCOCC4)ccc23)CN1C(=O)[C@@H](NC(=O)OC1C[C@@H]2C[C@@H]2C1)C(C)(C)C)C(=O)O. The Kier molecular flexibility index (Phi) is 12.6. The Morgan fingerprint density at radius 3 is 2.45 bits per heavy atom. The van der Waals surface area contributed by atoms with Crippen LogP contribution in [0.2, 0.25) is 5.02 Å². The molecule has 1 aromatic heterocycles. The van der Waals surface area contributed by atoms with Gasteiger partial charge in [0.25, 0.3) is 0 Å². The third-order valence-electron chi connectivity index (χ3n) is 12.5. The minimum Gasteiger partial charge on any atom is -0.491 e. The van der Waals surface area contributed by atoms with Gasteiger partial charge >= 0.3 is 12.1 Å². The molecule has 3 aliphatic carbocycles. The lowest BCUT2D eigenvalue weighted by Gasteiger charge is -2.35. The Labute approximate surface area is 344 Å². The van der Waals surface area contributed by atoms with Crippen molar-refractivity contribution in [3.63, 3.8) is 0 Å². The number of hydrogen-bond donors (Lipinski definition) is 3. The van der Waals surface area contributed by atoms with Gasteiger partial charge in [0.15, 0.2) is 0 Å². The Morgan fingerprint density at radius 1 is 1.05 bits per heavy atom. The minimum atomic E-state index is -1.40. The maximum absolute atomic E-state index is 14.7. The lowest BCUT2D eigenvalue weighted by Crippen LogP contribution is -2.59. The lowest BCUT2D eigenvalue weighted by atomic mass is 9.85. The average molecular weight is 828 g/mol. The number of ether oxygens (including phenoxy) is 5. The molecule has 15 nitrogen and oxygen atoms in total. The highest BCUT2D eigenvalue weighted by molar-refractivity contribution is 6.36. The number of nitrogens with one attached hydrogen (secondary N) is 2. The molecule has 8 atom stereocenters. The minimum absolute atomic E-state index is 0.00280. The van der Waals surface area contributed by atoms with E-state index in [9.17, 15) is 24.3 Å². The molecule has 2 aromatic rings. The number of halogens is 1. The number of fused-ring (bicyclic) bond motifs is 2. The second-order valence-electron chi connectivity index (χ2n) is 17.7. The summed E-state index contributed by atoms with van der Waals surface area (Å²) >= 11 is 6.98. The number of morpholine rings is 1. The number of aromatic nitrogens is 1. The molecule has 58 heavy (non-hydrogen) atoms. The predicted molar refractivity (Wildman–Crippen MR) is 214 cm³/mol. The van der Waals surface area contributed by atoms with Gasteiger partial charge < -0.3 is 44.3 Å². The number of carboxylic acids is 1. The molecular weight excluding hydrogens is 770 g/mol. The smallest absolute Gasteiger partial charge is 0.408 e. The summed E-state index contributed by atoms with van der Waals surface area (Å²) in [4.78, 5) is 63.1. The van der Waals surface area contributed by atoms with Crippen molar-refractivity contribution >= 4 is 46.4 Å². The van der Waals surface area contributed by atoms with Crippen LogP contribution in [0.25, 0.3) is 10.9 Å². The van der Waals surface area contributed by atoms with E-state index in [1.807, 2.05) is 39.8 Å². The highest BCUT2D eigenvalue weighted by Gasteiger charge is 2.61. The first-order valence-electron chi connectivity index (χ1n) is 20.7. The second kappa shape index (κ2) is 17.4. The molecule has 5 aliphatic rings. The number of methoxy groups -OCH3 is 1. The molecular formula is C42H58ClN5O10. The fraction of sp³-hybridized carbons (Fsp3) is 0.690. The Bertz CT molecular complexity index is 1860. The summed E-state index contributed by atoms with van der Waals surface area (Å²) in [5, 5.41) is 16.7. The molecule has 3 saturated carbocycles. The molecule has 3 heterocycles. The van der Waals surface area contributed by atoms with Gasteiger partial charge in [-0.3, -0.25) is 19.5 Å². The number of amides is 3. The highest BCUT2D eigenvalue weighted by Crippen LogP contribution is 2.52. The van der Waals surface area contributed by atoms with Crippen molar-refractivity contribution in [2.75, 3.05) is 59.7 Å². The van der Waals surface area contributed by atoms with Gasteiger partial charge in [0.1, 0.15) is 53.0 Å². The van der Waals surface area contributed by atoms with Crippen LogP contribution in [0.3, 0.4) is 0 Å². The zero-order valence-corrected chi connectivity index (χ0v) is 35.0. The van der Waals surface area contributed by atoms with E-state index in [0.29, 0.717) is 90.6 Å². The summed E-state index contributed by atoms with van der Waals surface area (Å²) < 4.78 is 29.4. The number of rotatable bonds is 16. The first kappa shape index (κ1) is 42.2. The van der Waals surface area contributed by atoms with E-state index in [1.54, 1.807) is 13.2 Å². The third kappa shape index (κ3) is 9.27. The number of aliphatic carboxylic acids is 1. The van der Waals surface area contributed by atoms with Crippen LogP contribution in [0, 0.1) is 23.2 Å². The van der Waals surface area contributed by atoms with Crippen LogP contribution in [0.5, 0.6) is 11.5 Å². The van der Waals surface area contributed by atoms with Crippen molar-refractivity contribution in [2.45, 2.75) is 102 Å². The van der Waals surface area contributed by atoms with E-state index < -0.39 is 53.0 Å². The van der Waals surface area contributed by atoms with Gasteiger partial charge in [0, 0.05) is 56.7 Å². The largest absolute Gasteiger partial charge is 0.491 e. The van der Waals surface area contributed by atoms with E-state index in [-0.39, 0.29) is 25.0 Å². The van der Waals surface area contributed by atoms with Crippen molar-refractivity contribution in [1.82, 2.24) is 25.4 Å². The van der Waals surface area contributed by atoms with Crippen molar-refractivity contribution in [1.29, 1.82) is 0 Å². The predicted octanol–water partition coefficient (Wildman–Crippen LogP) is 4.45. The standard InChI is InChI=1S/C42H58ClN5O10/c1-6-26-22-42(26,39(51)52)46-37(49)31-21-29(23-48(31)38(50)36(41(2,3)4)45-40(53)58-28-18-24-17-25(24)19-28)57-33-20-27(9-13-54-5)44-35-30(33)7-8-32(34(35)43)56-16-12-47-10-14-55-15-11-47/h7-8,20,24-26,28-29,31,36H,6,9-19,21-23H2,1-5H3,(H,45,53)(H,46,49)(H,51,52)/t24-,25+,26-,28?,29-,31+,36-,42-/m1/s1. The molecule has 5 fully saturated rings. The molecule has 2 saturated heterocycles. The van der Waals surface area contributed by atoms with Gasteiger partial charge in [0.05, 0.1) is 31.9 Å². The Morgan fingerprint density at radius 2 is 1.79 bits per heavy atom. The van der Waals surface area contributed by atoms with Crippen molar-refractivity contribution < 1.29 is 48.0 Å². The quantitative estimate of drug-likeness (QED) is 0.217. The van der Waals surface area contributed by atoms with Crippen LogP contribution >= 0.6 is 11.6 Å². The lowest BCUT2D eigenvalue weighted by molar-refractivity contribution is -0.146. The van der Waals surface area contributed by atoms with Crippen LogP contribution in [-0.2, 0) is 35.0 Å². The molecule has 3 N–H and O–H groups in total. The number of hydrogen-bond acceptors (Lipinski definition) is 11. The molecule has 318 valence electrons. The molecule has 2 aliphatic heterocycles. The van der Waals surface area contributed by atoms with Crippen molar-refractivity contribution in [3.8, 4) is 11.5 Å². The van der Waals surface area contributed by atoms with Crippen LogP contribution in [0.1, 0.15) is 71.9 Å². The third-order valence-corrected chi connectivity index (χ3v) is 12.9. The molecule has 3 amide bonds. The number of carbonyl (C=O) groups excluding carboxylic acids is 3. The summed E-state index contributed by atoms with van der Waals surface area (Å²) in [6, 6.07) is 3.31. The number of carboxylic acid groups (broad SMARTS) is 1. The number of pyridine rings is 1. The first-order chi connectivity index (χ1) is 27.7. The molecule has 7 rings (SSSR count). The second-order valence-corrected chi connectivity index (χ2v) is 18.1. The highest BCUT2D eigenvalue weighted by atomic mass is 35.5. The molecule has 0 spiro atoms. The summed E-state index contributed by atoms with van der Waals surface area (Å²) in [5.41, 5.74) is -1.03. The van der Waals surface area contributed by atoms with Crippen LogP contribution in [0.15, 0.2) is 18.2 Å². The zero-order chi connectivity index (χ0) is 41.4. The number of benzene rings is 1. The normalized spacial score (nSPS) is 28.4. The maximum atomic E-state index is 14.7. The molecule has 16 heteroatoms. The Hall–Kier alpha value is -3.92. The van der Waals surface area contributed by atoms with Crippen LogP contribution in [-0.4, -0.2) is 133 Å². The van der Waals surface area contributed by atoms with Crippen molar-refractivity contribution in [2.24, 2.45) is 23.2 Å². The maximum Gasteiger partial charge on any atom is 0.408 e. The molecule has 1 aromatic carbocycles. The van der Waals surface area contributed by atoms with Gasteiger partial charge in [0.2, 0.25) is 11.8 Å². The molecule has 0 radical (unpaired) electrons. The summed E-state index contributed by atoms with van der Waals surface area (Å²) in [5.74, 6) is -0.241. The van der Waals surface area contributed by atoms with Gasteiger partial charge in [-0.25, -0.2) is 9.59 Å². The number of nitrogens with zero attached hydrogens (tertiary/aromatic N) is 3. The van der Waals surface area contributed by atoms with E-state index in [2.05, 4.69) is 15.5 Å². The summed E-state index contributed by atoms with van der Waals surface area (Å²) in [7, 11) is 1.61. The Balaban J connectivity index is 1.14. The first-order valence-corrected chi connectivity index (χ1v) is 21.1. The fourth-order valence-corrected chi connectivity index (χ4v) is 9.20. The van der Waals surface area contributed by atoms with E-state index in [0.717, 1.165) is 32.5 Å². The van der Waals surface area contributed by atoms with Gasteiger partial charge in [-0.15, -0.1) is 0 Å². The summed E-state index contributed by atoms with van der Waals surface area (Å²) in [6.45, 7) is 12.0. The summed E-state index contributed by atoms with van der Waals surface area (Å²) in [6.07, 6.45) is 2.71. The van der Waals surface area contributed by atoms with E-state index in [4.69, 9.17) is 40.3 Å². The fourth-order valence-electron chi connectivity index (χ4n) is 8.93. The molecule has 1 unspecified atom stereocenters. The zero-order valence-electron chi connectivity index (χ0n) is 34.2. The van der Waals surface area contributed by atoms with E-state index in [1.165, 1.54) is 11.3 Å². The van der Waals surface area contributed by atoms with Crippen LogP contribution in [0.4, 0.5) is 4.79 Å². The molecule has 0 bridgehead atoms. The number of carbonyl (C=O) groups is 4. The van der Waals surface area contributed by atoms with Crippen molar-refractivity contribution in [3.05, 3.63) is 28.9 Å². The van der Waals surface area contributed by atoms with Gasteiger partial charge in [-0.2, -0.15) is 0 Å².